The maximum atomic E-state index is 5.70. The van der Waals surface area contributed by atoms with Crippen LogP contribution >= 0.6 is 0 Å². The number of aryl methyl sites for hydroxylation is 2. The monoisotopic (exact) mass is 221 g/mol. The summed E-state index contributed by atoms with van der Waals surface area (Å²) in [6, 6.07) is 6.10. The quantitative estimate of drug-likeness (QED) is 0.448. The molecule has 0 aromatic heterocycles. The molecule has 0 bridgehead atoms. The molecule has 0 saturated heterocycles. The van der Waals surface area contributed by atoms with Gasteiger partial charge in [-0.3, -0.25) is 4.99 Å². The SMILES string of the molecule is Cc1cccc(C)c1OCCCN=C(N)N. The van der Waals surface area contributed by atoms with Crippen molar-refractivity contribution in [1.29, 1.82) is 0 Å². The number of rotatable bonds is 5. The summed E-state index contributed by atoms with van der Waals surface area (Å²) in [6.07, 6.45) is 0.811. The van der Waals surface area contributed by atoms with Gasteiger partial charge in [-0.2, -0.15) is 0 Å². The van der Waals surface area contributed by atoms with Gasteiger partial charge < -0.3 is 16.2 Å². The number of benzene rings is 1. The highest BCUT2D eigenvalue weighted by molar-refractivity contribution is 5.75. The van der Waals surface area contributed by atoms with Crippen LogP contribution in [0.5, 0.6) is 5.75 Å². The first-order valence-corrected chi connectivity index (χ1v) is 5.35. The van der Waals surface area contributed by atoms with Crippen molar-refractivity contribution >= 4 is 5.96 Å². The Kier molecular flexibility index (Phi) is 4.64. The lowest BCUT2D eigenvalue weighted by Gasteiger charge is -2.11. The summed E-state index contributed by atoms with van der Waals surface area (Å²) in [5.74, 6) is 1.10. The van der Waals surface area contributed by atoms with E-state index in [1.807, 2.05) is 32.0 Å². The third kappa shape index (κ3) is 3.81. The summed E-state index contributed by atoms with van der Waals surface area (Å²) in [6.45, 7) is 5.31. The zero-order chi connectivity index (χ0) is 12.0. The lowest BCUT2D eigenvalue weighted by atomic mass is 10.1. The van der Waals surface area contributed by atoms with Crippen LogP contribution in [0.1, 0.15) is 17.5 Å². The van der Waals surface area contributed by atoms with Crippen molar-refractivity contribution in [3.63, 3.8) is 0 Å². The highest BCUT2D eigenvalue weighted by Gasteiger charge is 2.01. The van der Waals surface area contributed by atoms with E-state index in [0.717, 1.165) is 23.3 Å². The molecule has 88 valence electrons. The molecule has 4 nitrogen and oxygen atoms in total. The Morgan fingerprint density at radius 1 is 1.25 bits per heavy atom. The van der Waals surface area contributed by atoms with Crippen molar-refractivity contribution in [1.82, 2.24) is 0 Å². The molecule has 0 aliphatic rings. The summed E-state index contributed by atoms with van der Waals surface area (Å²) < 4.78 is 5.70. The number of ether oxygens (including phenoxy) is 1. The first-order valence-electron chi connectivity index (χ1n) is 5.35. The third-order valence-corrected chi connectivity index (χ3v) is 2.25. The van der Waals surface area contributed by atoms with Crippen molar-refractivity contribution in [2.45, 2.75) is 20.3 Å². The van der Waals surface area contributed by atoms with Crippen LogP contribution in [0, 0.1) is 13.8 Å². The Morgan fingerprint density at radius 3 is 2.44 bits per heavy atom. The van der Waals surface area contributed by atoms with Crippen LogP contribution in [0.25, 0.3) is 0 Å². The molecule has 4 N–H and O–H groups in total. The fraction of sp³-hybridized carbons (Fsp3) is 0.417. The molecule has 0 radical (unpaired) electrons. The van der Waals surface area contributed by atoms with E-state index in [-0.39, 0.29) is 5.96 Å². The summed E-state index contributed by atoms with van der Waals surface area (Å²) in [5, 5.41) is 0. The maximum Gasteiger partial charge on any atom is 0.185 e. The van der Waals surface area contributed by atoms with Gasteiger partial charge >= 0.3 is 0 Å². The van der Waals surface area contributed by atoms with Gasteiger partial charge in [0, 0.05) is 13.0 Å². The largest absolute Gasteiger partial charge is 0.493 e. The summed E-state index contributed by atoms with van der Waals surface area (Å²) >= 11 is 0. The lowest BCUT2D eigenvalue weighted by Crippen LogP contribution is -2.23. The maximum absolute atomic E-state index is 5.70. The van der Waals surface area contributed by atoms with Crippen LogP contribution in [-0.4, -0.2) is 19.1 Å². The molecule has 0 aliphatic carbocycles. The van der Waals surface area contributed by atoms with Crippen LogP contribution in [-0.2, 0) is 0 Å². The molecule has 0 spiro atoms. The minimum atomic E-state index is 0.132. The molecular weight excluding hydrogens is 202 g/mol. The summed E-state index contributed by atoms with van der Waals surface area (Å²) in [7, 11) is 0. The first-order chi connectivity index (χ1) is 7.61. The molecule has 0 fully saturated rings. The smallest absolute Gasteiger partial charge is 0.185 e. The molecule has 1 aromatic carbocycles. The molecular formula is C12H19N3O. The number of nitrogens with zero attached hydrogens (tertiary/aromatic N) is 1. The molecule has 0 saturated carbocycles. The van der Waals surface area contributed by atoms with E-state index in [9.17, 15) is 0 Å². The Hall–Kier alpha value is -1.71. The number of guanidine groups is 1. The van der Waals surface area contributed by atoms with Crippen molar-refractivity contribution in [3.8, 4) is 5.75 Å². The Morgan fingerprint density at radius 2 is 1.88 bits per heavy atom. The average molecular weight is 221 g/mol. The second-order valence-electron chi connectivity index (χ2n) is 3.73. The van der Waals surface area contributed by atoms with Crippen LogP contribution in [0.4, 0.5) is 0 Å². The first kappa shape index (κ1) is 12.4. The predicted molar refractivity (Wildman–Crippen MR) is 66.7 cm³/mol. The standard InChI is InChI=1S/C12H19N3O/c1-9-5-3-6-10(2)11(9)16-8-4-7-15-12(13)14/h3,5-6H,4,7-8H2,1-2H3,(H4,13,14,15). The van der Waals surface area contributed by atoms with Crippen molar-refractivity contribution in [2.24, 2.45) is 16.5 Å². The second-order valence-corrected chi connectivity index (χ2v) is 3.73. The second kappa shape index (κ2) is 6.00. The van der Waals surface area contributed by atoms with Crippen LogP contribution in [0.3, 0.4) is 0 Å². The molecule has 0 heterocycles. The molecule has 4 heteroatoms. The lowest BCUT2D eigenvalue weighted by molar-refractivity contribution is 0.309. The third-order valence-electron chi connectivity index (χ3n) is 2.25. The van der Waals surface area contributed by atoms with E-state index in [1.165, 1.54) is 0 Å². The number of hydrogen-bond acceptors (Lipinski definition) is 2. The predicted octanol–water partition coefficient (Wildman–Crippen LogP) is 1.35. The van der Waals surface area contributed by atoms with E-state index >= 15 is 0 Å². The molecule has 0 atom stereocenters. The molecule has 0 aliphatic heterocycles. The average Bonchev–Trinajstić information content (AvgIpc) is 2.21. The van der Waals surface area contributed by atoms with Gasteiger partial charge in [-0.1, -0.05) is 18.2 Å². The topological polar surface area (TPSA) is 73.6 Å². The highest BCUT2D eigenvalue weighted by Crippen LogP contribution is 2.22. The van der Waals surface area contributed by atoms with Crippen LogP contribution < -0.4 is 16.2 Å². The molecule has 16 heavy (non-hydrogen) atoms. The summed E-state index contributed by atoms with van der Waals surface area (Å²) in [5.41, 5.74) is 12.8. The normalized spacial score (nSPS) is 9.88. The highest BCUT2D eigenvalue weighted by atomic mass is 16.5. The van der Waals surface area contributed by atoms with E-state index in [4.69, 9.17) is 16.2 Å². The van der Waals surface area contributed by atoms with Crippen molar-refractivity contribution < 1.29 is 4.74 Å². The van der Waals surface area contributed by atoms with E-state index in [0.29, 0.717) is 13.2 Å². The van der Waals surface area contributed by atoms with Crippen molar-refractivity contribution in [2.75, 3.05) is 13.2 Å². The van der Waals surface area contributed by atoms with Crippen molar-refractivity contribution in [3.05, 3.63) is 29.3 Å². The number of hydrogen-bond donors (Lipinski definition) is 2. The van der Waals surface area contributed by atoms with E-state index < -0.39 is 0 Å². The Labute approximate surface area is 96.3 Å². The molecule has 0 amide bonds. The molecule has 1 rings (SSSR count). The Bertz CT molecular complexity index is 350. The minimum absolute atomic E-state index is 0.132. The zero-order valence-corrected chi connectivity index (χ0v) is 9.86. The van der Waals surface area contributed by atoms with Gasteiger partial charge in [0.05, 0.1) is 6.61 Å². The van der Waals surface area contributed by atoms with Gasteiger partial charge in [0.15, 0.2) is 5.96 Å². The number of nitrogens with two attached hydrogens (primary N) is 2. The van der Waals surface area contributed by atoms with Crippen LogP contribution in [0.2, 0.25) is 0 Å². The van der Waals surface area contributed by atoms with Gasteiger partial charge in [-0.15, -0.1) is 0 Å². The number of para-hydroxylation sites is 1. The van der Waals surface area contributed by atoms with Gasteiger partial charge in [0.2, 0.25) is 0 Å². The fourth-order valence-electron chi connectivity index (χ4n) is 1.47. The fourth-order valence-corrected chi connectivity index (χ4v) is 1.47. The van der Waals surface area contributed by atoms with Gasteiger partial charge in [-0.25, -0.2) is 0 Å². The number of aliphatic imine (C=N–C) groups is 1. The van der Waals surface area contributed by atoms with Gasteiger partial charge in [-0.05, 0) is 25.0 Å². The molecule has 1 aromatic rings. The molecule has 0 unspecified atom stereocenters. The van der Waals surface area contributed by atoms with Crippen LogP contribution in [0.15, 0.2) is 23.2 Å². The minimum Gasteiger partial charge on any atom is -0.493 e. The van der Waals surface area contributed by atoms with Gasteiger partial charge in [0.1, 0.15) is 5.75 Å². The van der Waals surface area contributed by atoms with E-state index in [2.05, 4.69) is 4.99 Å². The summed E-state index contributed by atoms with van der Waals surface area (Å²) in [4.78, 5) is 3.89. The van der Waals surface area contributed by atoms with E-state index in [1.54, 1.807) is 0 Å². The zero-order valence-electron chi connectivity index (χ0n) is 9.86. The Balaban J connectivity index is 2.40. The van der Waals surface area contributed by atoms with Gasteiger partial charge in [0.25, 0.3) is 0 Å².